The Morgan fingerprint density at radius 2 is 2.00 bits per heavy atom. The first-order valence-electron chi connectivity index (χ1n) is 11.0. The van der Waals surface area contributed by atoms with Crippen LogP contribution in [0.25, 0.3) is 0 Å². The average Bonchev–Trinajstić information content (AvgIpc) is 3.17. The molecule has 1 aliphatic heterocycles. The van der Waals surface area contributed by atoms with Crippen molar-refractivity contribution in [2.24, 2.45) is 0 Å². The van der Waals surface area contributed by atoms with Crippen LogP contribution in [0.15, 0.2) is 36.4 Å². The number of hydrogen-bond donors (Lipinski definition) is 2. The molecule has 0 spiro atoms. The number of amides is 1. The lowest BCUT2D eigenvalue weighted by Gasteiger charge is -2.23. The molecule has 174 valence electrons. The maximum Gasteiger partial charge on any atom is 0.237 e. The number of carbonyl (C=O) groups excluding carboxylic acids is 1. The molecule has 0 radical (unpaired) electrons. The largest absolute Gasteiger partial charge is 0.496 e. The van der Waals surface area contributed by atoms with Gasteiger partial charge in [0.1, 0.15) is 5.75 Å². The number of halogens is 1. The second-order valence-corrected chi connectivity index (χ2v) is 8.79. The van der Waals surface area contributed by atoms with Gasteiger partial charge < -0.3 is 20.1 Å². The van der Waals surface area contributed by atoms with Crippen LogP contribution in [0.4, 0.5) is 0 Å². The third-order valence-corrected chi connectivity index (χ3v) is 6.47. The molecule has 0 unspecified atom stereocenters. The second kappa shape index (κ2) is 11.7. The van der Waals surface area contributed by atoms with Crippen molar-refractivity contribution in [1.29, 1.82) is 0 Å². The number of nitrogens with one attached hydrogen (secondary N) is 2. The second-order valence-electron chi connectivity index (χ2n) is 8.35. The third-order valence-electron chi connectivity index (χ3n) is 6.24. The van der Waals surface area contributed by atoms with Crippen molar-refractivity contribution in [3.63, 3.8) is 0 Å². The van der Waals surface area contributed by atoms with Gasteiger partial charge in [0.25, 0.3) is 0 Å². The van der Waals surface area contributed by atoms with E-state index in [0.29, 0.717) is 24.7 Å². The van der Waals surface area contributed by atoms with Gasteiger partial charge in [0.15, 0.2) is 0 Å². The van der Waals surface area contributed by atoms with Crippen LogP contribution in [0, 0.1) is 13.8 Å². The molecule has 2 aromatic rings. The van der Waals surface area contributed by atoms with E-state index in [1.165, 1.54) is 11.1 Å². The summed E-state index contributed by atoms with van der Waals surface area (Å²) in [6, 6.07) is 12.0. The monoisotopic (exact) mass is 459 g/mol. The van der Waals surface area contributed by atoms with Crippen molar-refractivity contribution in [1.82, 2.24) is 15.5 Å². The lowest BCUT2D eigenvalue weighted by atomic mass is 10.0. The Morgan fingerprint density at radius 3 is 2.72 bits per heavy atom. The fourth-order valence-corrected chi connectivity index (χ4v) is 4.49. The topological polar surface area (TPSA) is 62.8 Å². The van der Waals surface area contributed by atoms with E-state index < -0.39 is 0 Å². The van der Waals surface area contributed by atoms with Crippen LogP contribution in [0.2, 0.25) is 5.02 Å². The normalized spacial score (nSPS) is 18.7. The van der Waals surface area contributed by atoms with Gasteiger partial charge in [-0.05, 0) is 60.7 Å². The molecule has 0 aliphatic carbocycles. The van der Waals surface area contributed by atoms with Crippen LogP contribution in [0.1, 0.15) is 28.7 Å². The van der Waals surface area contributed by atoms with E-state index in [0.717, 1.165) is 36.4 Å². The lowest BCUT2D eigenvalue weighted by Crippen LogP contribution is -2.43. The average molecular weight is 460 g/mol. The van der Waals surface area contributed by atoms with E-state index in [2.05, 4.69) is 41.5 Å². The summed E-state index contributed by atoms with van der Waals surface area (Å²) >= 11 is 6.18. The molecule has 1 aliphatic rings. The molecule has 1 heterocycles. The molecule has 0 saturated carbocycles. The van der Waals surface area contributed by atoms with Crippen molar-refractivity contribution in [2.75, 3.05) is 33.9 Å². The van der Waals surface area contributed by atoms with Gasteiger partial charge in [0.2, 0.25) is 5.91 Å². The van der Waals surface area contributed by atoms with Crippen molar-refractivity contribution in [3.05, 3.63) is 63.7 Å². The number of hydrogen-bond acceptors (Lipinski definition) is 5. The number of likely N-dealkylation sites (tertiary alicyclic amines) is 1. The van der Waals surface area contributed by atoms with Crippen LogP contribution in [0.3, 0.4) is 0 Å². The summed E-state index contributed by atoms with van der Waals surface area (Å²) in [5.74, 6) is 0.956. The minimum Gasteiger partial charge on any atom is -0.496 e. The molecule has 7 heteroatoms. The van der Waals surface area contributed by atoms with Crippen LogP contribution in [-0.4, -0.2) is 56.8 Å². The van der Waals surface area contributed by atoms with Crippen molar-refractivity contribution >= 4 is 17.5 Å². The number of nitrogens with zero attached hydrogens (tertiary/aromatic N) is 1. The van der Waals surface area contributed by atoms with Gasteiger partial charge >= 0.3 is 0 Å². The fourth-order valence-electron chi connectivity index (χ4n) is 4.28. The first-order valence-corrected chi connectivity index (χ1v) is 11.4. The zero-order valence-electron chi connectivity index (χ0n) is 19.4. The zero-order valence-corrected chi connectivity index (χ0v) is 20.2. The van der Waals surface area contributed by atoms with Crippen molar-refractivity contribution in [2.45, 2.75) is 45.4 Å². The molecule has 2 N–H and O–H groups in total. The lowest BCUT2D eigenvalue weighted by molar-refractivity contribution is -0.125. The van der Waals surface area contributed by atoms with E-state index >= 15 is 0 Å². The summed E-state index contributed by atoms with van der Waals surface area (Å²) in [7, 11) is 3.33. The highest BCUT2D eigenvalue weighted by Gasteiger charge is 2.36. The molecule has 1 amide bonds. The number of carbonyl (C=O) groups is 1. The minimum atomic E-state index is -0.193. The van der Waals surface area contributed by atoms with Crippen LogP contribution >= 0.6 is 11.6 Å². The molecule has 1 saturated heterocycles. The van der Waals surface area contributed by atoms with Crippen molar-refractivity contribution in [3.8, 4) is 5.75 Å². The fraction of sp³-hybridized carbons (Fsp3) is 0.480. The molecule has 2 aromatic carbocycles. The van der Waals surface area contributed by atoms with E-state index in [1.807, 2.05) is 24.3 Å². The molecular formula is C25H34ClN3O3. The highest BCUT2D eigenvalue weighted by atomic mass is 35.5. The maximum absolute atomic E-state index is 12.9. The van der Waals surface area contributed by atoms with E-state index in [-0.39, 0.29) is 18.0 Å². The number of benzene rings is 2. The summed E-state index contributed by atoms with van der Waals surface area (Å²) in [6.45, 7) is 7.46. The molecule has 2 atom stereocenters. The van der Waals surface area contributed by atoms with Gasteiger partial charge in [-0.15, -0.1) is 0 Å². The maximum atomic E-state index is 12.9. The van der Waals surface area contributed by atoms with E-state index in [1.54, 1.807) is 14.2 Å². The van der Waals surface area contributed by atoms with Gasteiger partial charge in [-0.2, -0.15) is 0 Å². The van der Waals surface area contributed by atoms with Gasteiger partial charge in [-0.3, -0.25) is 9.69 Å². The number of rotatable bonds is 10. The molecular weight excluding hydrogens is 426 g/mol. The Kier molecular flexibility index (Phi) is 8.93. The summed E-state index contributed by atoms with van der Waals surface area (Å²) in [4.78, 5) is 15.1. The Morgan fingerprint density at radius 1 is 1.19 bits per heavy atom. The Hall–Kier alpha value is -2.12. The quantitative estimate of drug-likeness (QED) is 0.533. The predicted octanol–water partition coefficient (Wildman–Crippen LogP) is 3.46. The Bertz CT molecular complexity index is 921. The Balaban J connectivity index is 1.68. The summed E-state index contributed by atoms with van der Waals surface area (Å²) < 4.78 is 10.5. The third kappa shape index (κ3) is 6.23. The van der Waals surface area contributed by atoms with Crippen LogP contribution in [-0.2, 0) is 22.6 Å². The highest BCUT2D eigenvalue weighted by molar-refractivity contribution is 6.30. The van der Waals surface area contributed by atoms with Gasteiger partial charge in [-0.1, -0.05) is 29.8 Å². The number of methoxy groups -OCH3 is 2. The van der Waals surface area contributed by atoms with E-state index in [9.17, 15) is 4.79 Å². The SMILES string of the molecule is COCCNC(=O)[C@@H]1C[C@H](NCc2ccc(OC)c(C)c2C)CN1Cc1cccc(Cl)c1. The summed E-state index contributed by atoms with van der Waals surface area (Å²) in [6.07, 6.45) is 0.758. The van der Waals surface area contributed by atoms with Gasteiger partial charge in [-0.25, -0.2) is 0 Å². The first kappa shape index (κ1) is 24.5. The smallest absolute Gasteiger partial charge is 0.237 e. The van der Waals surface area contributed by atoms with E-state index in [4.69, 9.17) is 21.1 Å². The Labute approximate surface area is 196 Å². The molecule has 32 heavy (non-hydrogen) atoms. The van der Waals surface area contributed by atoms with Gasteiger partial charge in [0, 0.05) is 44.4 Å². The standard InChI is InChI=1S/C25H34ClN3O3/c1-17-18(2)24(32-4)9-8-20(17)14-28-22-13-23(25(30)27-10-11-31-3)29(16-22)15-19-6-5-7-21(26)12-19/h5-9,12,22-23,28H,10-11,13-16H2,1-4H3,(H,27,30)/t22-,23-/m0/s1. The number of ether oxygens (including phenoxy) is 2. The molecule has 3 rings (SSSR count). The van der Waals surface area contributed by atoms with Gasteiger partial charge in [0.05, 0.1) is 19.8 Å². The summed E-state index contributed by atoms with van der Waals surface area (Å²) in [5.41, 5.74) is 4.75. The molecule has 0 bridgehead atoms. The van der Waals surface area contributed by atoms with Crippen LogP contribution < -0.4 is 15.4 Å². The highest BCUT2D eigenvalue weighted by Crippen LogP contribution is 2.26. The molecule has 0 aromatic heterocycles. The van der Waals surface area contributed by atoms with Crippen LogP contribution in [0.5, 0.6) is 5.75 Å². The first-order chi connectivity index (χ1) is 15.4. The molecule has 1 fully saturated rings. The predicted molar refractivity (Wildman–Crippen MR) is 128 cm³/mol. The van der Waals surface area contributed by atoms with Crippen molar-refractivity contribution < 1.29 is 14.3 Å². The minimum absolute atomic E-state index is 0.0462. The molecule has 6 nitrogen and oxygen atoms in total. The summed E-state index contributed by atoms with van der Waals surface area (Å²) in [5, 5.41) is 7.38. The zero-order chi connectivity index (χ0) is 23.1.